The van der Waals surface area contributed by atoms with E-state index >= 15 is 0 Å². The van der Waals surface area contributed by atoms with Crippen molar-refractivity contribution in [3.05, 3.63) is 29.8 Å². The molecule has 36 heavy (non-hydrogen) atoms. The number of nitrogens with one attached hydrogen (secondary N) is 2. The lowest BCUT2D eigenvalue weighted by atomic mass is 9.96. The summed E-state index contributed by atoms with van der Waals surface area (Å²) >= 11 is 1.33. The van der Waals surface area contributed by atoms with Gasteiger partial charge >= 0.3 is 23.8 Å². The number of nitrogens with zero attached hydrogens (tertiary/aromatic N) is 3. The van der Waals surface area contributed by atoms with Crippen molar-refractivity contribution in [2.45, 2.75) is 49.4 Å². The van der Waals surface area contributed by atoms with Crippen molar-refractivity contribution < 1.29 is 33.9 Å². The van der Waals surface area contributed by atoms with Crippen LogP contribution in [0.3, 0.4) is 0 Å². The molecule has 12 nitrogen and oxygen atoms in total. The highest BCUT2D eigenvalue weighted by atomic mass is 32.2. The molecule has 3 saturated heterocycles. The second-order valence-corrected chi connectivity index (χ2v) is 11.0. The molecular weight excluding hydrogens is 490 g/mol. The predicted molar refractivity (Wildman–Crippen MR) is 129 cm³/mol. The van der Waals surface area contributed by atoms with Gasteiger partial charge in [0, 0.05) is 30.1 Å². The van der Waals surface area contributed by atoms with Crippen LogP contribution in [0.1, 0.15) is 26.3 Å². The topological polar surface area (TPSA) is 156 Å². The lowest BCUT2D eigenvalue weighted by molar-refractivity contribution is -0.161. The van der Waals surface area contributed by atoms with Crippen molar-refractivity contribution in [3.8, 4) is 0 Å². The molecule has 3 unspecified atom stereocenters. The van der Waals surface area contributed by atoms with Crippen molar-refractivity contribution in [1.82, 2.24) is 20.0 Å². The molecular formula is C23H27N5O7S. The monoisotopic (exact) mass is 517 g/mol. The molecule has 0 aromatic heterocycles. The van der Waals surface area contributed by atoms with Crippen LogP contribution in [-0.2, 0) is 30.4 Å². The zero-order valence-electron chi connectivity index (χ0n) is 20.0. The van der Waals surface area contributed by atoms with Crippen LogP contribution in [0.5, 0.6) is 0 Å². The molecule has 3 atom stereocenters. The molecule has 6 amide bonds. The molecule has 3 heterocycles. The van der Waals surface area contributed by atoms with Crippen molar-refractivity contribution in [1.29, 1.82) is 0 Å². The van der Waals surface area contributed by atoms with E-state index in [1.165, 1.54) is 21.6 Å². The minimum absolute atomic E-state index is 0.0555. The Hall–Kier alpha value is -3.61. The molecule has 3 aliphatic heterocycles. The van der Waals surface area contributed by atoms with E-state index in [9.17, 15) is 33.9 Å². The van der Waals surface area contributed by atoms with Gasteiger partial charge in [0.15, 0.2) is 0 Å². The first-order valence-corrected chi connectivity index (χ1v) is 12.4. The van der Waals surface area contributed by atoms with Gasteiger partial charge in [0.1, 0.15) is 17.5 Å². The first kappa shape index (κ1) is 25.5. The number of thioether (sulfide) groups is 1. The number of β-lactam (4-membered cyclic amide) rings is 1. The zero-order valence-corrected chi connectivity index (χ0v) is 20.8. The van der Waals surface area contributed by atoms with Gasteiger partial charge in [-0.25, -0.2) is 9.59 Å². The van der Waals surface area contributed by atoms with Crippen molar-refractivity contribution in [2.75, 3.05) is 25.0 Å². The van der Waals surface area contributed by atoms with Crippen molar-refractivity contribution >= 4 is 53.1 Å². The van der Waals surface area contributed by atoms with E-state index < -0.39 is 57.8 Å². The fourth-order valence-corrected chi connectivity index (χ4v) is 6.32. The van der Waals surface area contributed by atoms with Crippen LogP contribution in [0.25, 0.3) is 0 Å². The van der Waals surface area contributed by atoms with E-state index in [-0.39, 0.29) is 19.5 Å². The lowest BCUT2D eigenvalue weighted by Crippen LogP contribution is -2.70. The second-order valence-electron chi connectivity index (χ2n) is 9.25. The van der Waals surface area contributed by atoms with E-state index in [0.29, 0.717) is 17.8 Å². The van der Waals surface area contributed by atoms with Gasteiger partial charge in [0.05, 0.1) is 6.42 Å². The summed E-state index contributed by atoms with van der Waals surface area (Å²) in [6.07, 6.45) is -0.167. The number of amides is 6. The number of imide groups is 1. The maximum absolute atomic E-state index is 12.8. The second kappa shape index (κ2) is 9.45. The van der Waals surface area contributed by atoms with Crippen LogP contribution in [0.4, 0.5) is 10.5 Å². The highest BCUT2D eigenvalue weighted by molar-refractivity contribution is 8.01. The molecule has 3 N–H and O–H groups in total. The summed E-state index contributed by atoms with van der Waals surface area (Å²) < 4.78 is -0.704. The Bertz CT molecular complexity index is 1160. The average molecular weight is 518 g/mol. The molecule has 13 heteroatoms. The maximum atomic E-state index is 12.8. The molecule has 0 aliphatic carbocycles. The van der Waals surface area contributed by atoms with Crippen LogP contribution >= 0.6 is 11.8 Å². The van der Waals surface area contributed by atoms with Crippen LogP contribution < -0.4 is 10.6 Å². The SMILES string of the molecule is CCN1CCN(C(=O)Nc2ccccc2CC(=O)NC2C(=O)N3C2SC(C)(C)C3C(=O)O)C(=O)C1=O. The summed E-state index contributed by atoms with van der Waals surface area (Å²) in [6.45, 7) is 5.91. The number of carboxylic acid groups (broad SMARTS) is 1. The fourth-order valence-electron chi connectivity index (χ4n) is 4.69. The number of carbonyl (C=O) groups excluding carboxylic acids is 5. The number of hydrogen-bond donors (Lipinski definition) is 3. The third kappa shape index (κ3) is 4.38. The van der Waals surface area contributed by atoms with Crippen molar-refractivity contribution in [3.63, 3.8) is 0 Å². The van der Waals surface area contributed by atoms with Crippen LogP contribution in [0.15, 0.2) is 24.3 Å². The summed E-state index contributed by atoms with van der Waals surface area (Å²) in [5, 5.41) is 14.3. The predicted octanol–water partition coefficient (Wildman–Crippen LogP) is 0.0834. The molecule has 4 rings (SSSR count). The molecule has 1 aromatic carbocycles. The fraction of sp³-hybridized carbons (Fsp3) is 0.478. The lowest BCUT2D eigenvalue weighted by Gasteiger charge is -2.43. The Labute approximate surface area is 211 Å². The van der Waals surface area contributed by atoms with Gasteiger partial charge in [-0.1, -0.05) is 18.2 Å². The van der Waals surface area contributed by atoms with Gasteiger partial charge in [-0.3, -0.25) is 24.1 Å². The molecule has 3 fully saturated rings. The van der Waals surface area contributed by atoms with Gasteiger partial charge in [0.25, 0.3) is 0 Å². The number of para-hydroxylation sites is 1. The van der Waals surface area contributed by atoms with E-state index in [2.05, 4.69) is 10.6 Å². The molecule has 1 aromatic rings. The maximum Gasteiger partial charge on any atom is 0.329 e. The Balaban J connectivity index is 1.40. The highest BCUT2D eigenvalue weighted by Crippen LogP contribution is 2.50. The Morgan fingerprint density at radius 2 is 1.81 bits per heavy atom. The summed E-state index contributed by atoms with van der Waals surface area (Å²) in [7, 11) is 0. The Morgan fingerprint density at radius 3 is 2.47 bits per heavy atom. The quantitative estimate of drug-likeness (QED) is 0.354. The number of piperazine rings is 1. The van der Waals surface area contributed by atoms with E-state index in [0.717, 1.165) is 4.90 Å². The highest BCUT2D eigenvalue weighted by Gasteiger charge is 2.64. The number of benzene rings is 1. The molecule has 3 aliphatic rings. The molecule has 0 saturated carbocycles. The zero-order chi connectivity index (χ0) is 26.4. The third-order valence-corrected chi connectivity index (χ3v) is 8.11. The smallest absolute Gasteiger partial charge is 0.329 e. The summed E-state index contributed by atoms with van der Waals surface area (Å²) in [6, 6.07) is 3.93. The van der Waals surface area contributed by atoms with Crippen molar-refractivity contribution in [2.24, 2.45) is 0 Å². The number of carbonyl (C=O) groups is 6. The number of carboxylic acids is 1. The van der Waals surface area contributed by atoms with E-state index in [1.54, 1.807) is 45.0 Å². The first-order valence-electron chi connectivity index (χ1n) is 11.5. The summed E-state index contributed by atoms with van der Waals surface area (Å²) in [5.41, 5.74) is 0.737. The normalized spacial score (nSPS) is 24.8. The number of urea groups is 1. The van der Waals surface area contributed by atoms with Crippen LogP contribution in [-0.4, -0.2) is 97.3 Å². The van der Waals surface area contributed by atoms with E-state index in [1.807, 2.05) is 0 Å². The minimum Gasteiger partial charge on any atom is -0.480 e. The first-order chi connectivity index (χ1) is 17.0. The number of likely N-dealkylation sites (N-methyl/N-ethyl adjacent to an activating group) is 1. The number of rotatable bonds is 6. The molecule has 0 radical (unpaired) electrons. The third-order valence-electron chi connectivity index (χ3n) is 6.54. The number of anilines is 1. The van der Waals surface area contributed by atoms with Gasteiger partial charge < -0.3 is 25.5 Å². The number of hydrogen-bond acceptors (Lipinski definition) is 7. The standard InChI is InChI=1S/C23H27N5O7S/c1-4-26-9-10-27(19(32)18(26)31)22(35)24-13-8-6-5-7-12(13)11-14(29)25-15-17(30)28-16(21(33)34)23(2,3)36-20(15)28/h5-8,15-16,20H,4,9-11H2,1-3H3,(H,24,35)(H,25,29)(H,33,34). The Morgan fingerprint density at radius 1 is 1.11 bits per heavy atom. The number of fused-ring (bicyclic) bond motifs is 1. The average Bonchev–Trinajstić information content (AvgIpc) is 3.08. The van der Waals surface area contributed by atoms with Gasteiger partial charge in [-0.05, 0) is 32.4 Å². The van der Waals surface area contributed by atoms with Crippen LogP contribution in [0.2, 0.25) is 0 Å². The van der Waals surface area contributed by atoms with Crippen LogP contribution in [0, 0.1) is 0 Å². The Kier molecular flexibility index (Phi) is 6.69. The number of aliphatic carboxylic acids is 1. The summed E-state index contributed by atoms with van der Waals surface area (Å²) in [5.74, 6) is -3.68. The van der Waals surface area contributed by atoms with E-state index in [4.69, 9.17) is 0 Å². The minimum atomic E-state index is -1.09. The molecule has 0 bridgehead atoms. The van der Waals surface area contributed by atoms with Gasteiger partial charge in [0.2, 0.25) is 11.8 Å². The molecule has 0 spiro atoms. The largest absolute Gasteiger partial charge is 0.480 e. The van der Waals surface area contributed by atoms with Gasteiger partial charge in [-0.15, -0.1) is 11.8 Å². The van der Waals surface area contributed by atoms with Gasteiger partial charge in [-0.2, -0.15) is 0 Å². The summed E-state index contributed by atoms with van der Waals surface area (Å²) in [4.78, 5) is 77.7. The molecule has 192 valence electrons.